The smallest absolute Gasteiger partial charge is 0.266 e. The van der Waals surface area contributed by atoms with Crippen molar-refractivity contribution in [3.05, 3.63) is 94.0 Å². The van der Waals surface area contributed by atoms with Gasteiger partial charge in [0.1, 0.15) is 29.7 Å². The van der Waals surface area contributed by atoms with E-state index in [2.05, 4.69) is 21.2 Å². The maximum absolute atomic E-state index is 12.4. The van der Waals surface area contributed by atoms with Gasteiger partial charge in [-0.1, -0.05) is 36.4 Å². The number of anilines is 1. The number of nitrogens with one attached hydrogen (secondary N) is 1. The third kappa shape index (κ3) is 5.72. The van der Waals surface area contributed by atoms with Gasteiger partial charge in [0.15, 0.2) is 0 Å². The Kier molecular flexibility index (Phi) is 7.25. The number of nitrogens with zero attached hydrogens (tertiary/aromatic N) is 1. The van der Waals surface area contributed by atoms with Gasteiger partial charge in [-0.3, -0.25) is 4.79 Å². The number of halogens is 1. The molecule has 1 amide bonds. The van der Waals surface area contributed by atoms with Crippen molar-refractivity contribution in [1.82, 2.24) is 0 Å². The van der Waals surface area contributed by atoms with Crippen molar-refractivity contribution in [3.8, 4) is 17.6 Å². The van der Waals surface area contributed by atoms with E-state index < -0.39 is 5.91 Å². The van der Waals surface area contributed by atoms with Crippen LogP contribution >= 0.6 is 15.9 Å². The molecule has 0 aliphatic rings. The largest absolute Gasteiger partial charge is 0.497 e. The van der Waals surface area contributed by atoms with Crippen molar-refractivity contribution in [3.63, 3.8) is 0 Å². The zero-order chi connectivity index (χ0) is 21.3. The average Bonchev–Trinajstić information content (AvgIpc) is 2.78. The van der Waals surface area contributed by atoms with E-state index >= 15 is 0 Å². The van der Waals surface area contributed by atoms with E-state index in [9.17, 15) is 10.1 Å². The molecule has 0 bridgehead atoms. The van der Waals surface area contributed by atoms with Crippen LogP contribution in [0.4, 0.5) is 5.69 Å². The SMILES string of the molecule is COc1ccc(NC(=O)/C(C#N)=C\c2ccc(OCc3ccccc3)c(Br)c2)cc1. The topological polar surface area (TPSA) is 71.3 Å². The molecular weight excluding hydrogens is 444 g/mol. The predicted molar refractivity (Wildman–Crippen MR) is 120 cm³/mol. The van der Waals surface area contributed by atoms with Gasteiger partial charge in [-0.15, -0.1) is 0 Å². The Morgan fingerprint density at radius 1 is 1.10 bits per heavy atom. The quantitative estimate of drug-likeness (QED) is 0.367. The number of hydrogen-bond acceptors (Lipinski definition) is 4. The van der Waals surface area contributed by atoms with Crippen molar-refractivity contribution in [2.45, 2.75) is 6.61 Å². The molecule has 6 heteroatoms. The minimum absolute atomic E-state index is 0.00401. The molecule has 0 spiro atoms. The number of ether oxygens (including phenoxy) is 2. The van der Waals surface area contributed by atoms with Crippen LogP contribution in [0.2, 0.25) is 0 Å². The van der Waals surface area contributed by atoms with Crippen molar-refractivity contribution in [2.75, 3.05) is 12.4 Å². The lowest BCUT2D eigenvalue weighted by Crippen LogP contribution is -2.13. The monoisotopic (exact) mass is 462 g/mol. The molecule has 0 unspecified atom stereocenters. The van der Waals surface area contributed by atoms with Crippen LogP contribution in [0.15, 0.2) is 82.8 Å². The van der Waals surface area contributed by atoms with E-state index in [1.807, 2.05) is 36.4 Å². The molecule has 0 saturated carbocycles. The summed E-state index contributed by atoms with van der Waals surface area (Å²) in [6.07, 6.45) is 1.53. The Balaban J connectivity index is 1.69. The van der Waals surface area contributed by atoms with Crippen LogP contribution in [0.3, 0.4) is 0 Å². The van der Waals surface area contributed by atoms with Gasteiger partial charge in [0.2, 0.25) is 0 Å². The van der Waals surface area contributed by atoms with Crippen molar-refractivity contribution >= 4 is 33.6 Å². The number of rotatable bonds is 7. The summed E-state index contributed by atoms with van der Waals surface area (Å²) in [4.78, 5) is 12.4. The van der Waals surface area contributed by atoms with Crippen molar-refractivity contribution in [1.29, 1.82) is 5.26 Å². The molecule has 3 aromatic carbocycles. The normalized spacial score (nSPS) is 10.8. The predicted octanol–water partition coefficient (Wildman–Crippen LogP) is 5.58. The number of methoxy groups -OCH3 is 1. The highest BCUT2D eigenvalue weighted by atomic mass is 79.9. The zero-order valence-corrected chi connectivity index (χ0v) is 17.8. The maximum atomic E-state index is 12.4. The summed E-state index contributed by atoms with van der Waals surface area (Å²) in [7, 11) is 1.57. The fourth-order valence-electron chi connectivity index (χ4n) is 2.65. The first-order valence-corrected chi connectivity index (χ1v) is 9.92. The highest BCUT2D eigenvalue weighted by Crippen LogP contribution is 2.28. The van der Waals surface area contributed by atoms with Gasteiger partial charge in [-0.05, 0) is 69.5 Å². The fraction of sp³-hybridized carbons (Fsp3) is 0.0833. The highest BCUT2D eigenvalue weighted by Gasteiger charge is 2.11. The number of amides is 1. The lowest BCUT2D eigenvalue weighted by molar-refractivity contribution is -0.112. The van der Waals surface area contributed by atoms with Crippen LogP contribution in [0, 0.1) is 11.3 Å². The summed E-state index contributed by atoms with van der Waals surface area (Å²) in [5.41, 5.74) is 2.34. The third-order valence-corrected chi connectivity index (χ3v) is 4.84. The standard InChI is InChI=1S/C24H19BrN2O3/c1-29-21-10-8-20(9-11-21)27-24(28)19(15-26)13-18-7-12-23(22(25)14-18)30-16-17-5-3-2-4-6-17/h2-14H,16H2,1H3,(H,27,28)/b19-13-. The average molecular weight is 463 g/mol. The second kappa shape index (κ2) is 10.3. The first-order valence-electron chi connectivity index (χ1n) is 9.12. The van der Waals surface area contributed by atoms with E-state index in [1.54, 1.807) is 49.6 Å². The molecule has 150 valence electrons. The number of carbonyl (C=O) groups is 1. The summed E-state index contributed by atoms with van der Waals surface area (Å²) < 4.78 is 11.7. The molecule has 0 fully saturated rings. The molecule has 3 rings (SSSR count). The summed E-state index contributed by atoms with van der Waals surface area (Å²) in [5.74, 6) is 0.879. The van der Waals surface area contributed by atoms with Crippen LogP contribution in [0.25, 0.3) is 6.08 Å². The molecule has 0 atom stereocenters. The molecule has 0 aliphatic heterocycles. The van der Waals surface area contributed by atoms with Crippen molar-refractivity contribution in [2.24, 2.45) is 0 Å². The molecule has 3 aromatic rings. The van der Waals surface area contributed by atoms with E-state index in [1.165, 1.54) is 6.08 Å². The summed E-state index contributed by atoms with van der Waals surface area (Å²) >= 11 is 3.49. The third-order valence-electron chi connectivity index (χ3n) is 4.22. The fourth-order valence-corrected chi connectivity index (χ4v) is 3.16. The van der Waals surface area contributed by atoms with Gasteiger partial charge >= 0.3 is 0 Å². The van der Waals surface area contributed by atoms with Gasteiger partial charge in [0, 0.05) is 5.69 Å². The Labute approximate surface area is 183 Å². The van der Waals surface area contributed by atoms with Gasteiger partial charge in [-0.25, -0.2) is 0 Å². The Morgan fingerprint density at radius 2 is 1.83 bits per heavy atom. The molecular formula is C24H19BrN2O3. The van der Waals surface area contributed by atoms with Gasteiger partial charge < -0.3 is 14.8 Å². The van der Waals surface area contributed by atoms with Gasteiger partial charge in [0.25, 0.3) is 5.91 Å². The molecule has 30 heavy (non-hydrogen) atoms. The number of nitriles is 1. The molecule has 5 nitrogen and oxygen atoms in total. The zero-order valence-electron chi connectivity index (χ0n) is 16.3. The second-order valence-corrected chi connectivity index (χ2v) is 7.17. The lowest BCUT2D eigenvalue weighted by Gasteiger charge is -2.09. The molecule has 1 N–H and O–H groups in total. The highest BCUT2D eigenvalue weighted by molar-refractivity contribution is 9.10. The first kappa shape index (κ1) is 21.2. The van der Waals surface area contributed by atoms with Crippen LogP contribution in [-0.2, 0) is 11.4 Å². The maximum Gasteiger partial charge on any atom is 0.266 e. The number of hydrogen-bond donors (Lipinski definition) is 1. The van der Waals surface area contributed by atoms with Crippen LogP contribution < -0.4 is 14.8 Å². The van der Waals surface area contributed by atoms with Gasteiger partial charge in [-0.2, -0.15) is 5.26 Å². The Bertz CT molecular complexity index is 1090. The molecule has 0 heterocycles. The molecule has 0 aromatic heterocycles. The Morgan fingerprint density at radius 3 is 2.47 bits per heavy atom. The minimum atomic E-state index is -0.483. The summed E-state index contributed by atoms with van der Waals surface area (Å²) in [5, 5.41) is 12.1. The summed E-state index contributed by atoms with van der Waals surface area (Å²) in [6.45, 7) is 0.447. The van der Waals surface area contributed by atoms with E-state index in [0.717, 1.165) is 10.0 Å². The number of carbonyl (C=O) groups excluding carboxylic acids is 1. The second-order valence-electron chi connectivity index (χ2n) is 6.32. The van der Waals surface area contributed by atoms with E-state index in [0.29, 0.717) is 29.4 Å². The number of benzene rings is 3. The minimum Gasteiger partial charge on any atom is -0.497 e. The van der Waals surface area contributed by atoms with Crippen LogP contribution in [-0.4, -0.2) is 13.0 Å². The molecule has 0 radical (unpaired) electrons. The van der Waals surface area contributed by atoms with Crippen LogP contribution in [0.1, 0.15) is 11.1 Å². The van der Waals surface area contributed by atoms with E-state index in [-0.39, 0.29) is 5.57 Å². The van der Waals surface area contributed by atoms with E-state index in [4.69, 9.17) is 9.47 Å². The summed E-state index contributed by atoms with van der Waals surface area (Å²) in [6, 6.07) is 24.1. The molecule has 0 aliphatic carbocycles. The Hall–Kier alpha value is -3.56. The first-order chi connectivity index (χ1) is 14.6. The van der Waals surface area contributed by atoms with Crippen LogP contribution in [0.5, 0.6) is 11.5 Å². The van der Waals surface area contributed by atoms with Crippen molar-refractivity contribution < 1.29 is 14.3 Å². The lowest BCUT2D eigenvalue weighted by atomic mass is 10.1. The van der Waals surface area contributed by atoms with Gasteiger partial charge in [0.05, 0.1) is 11.6 Å². The molecule has 0 saturated heterocycles.